The van der Waals surface area contributed by atoms with Gasteiger partial charge in [0.15, 0.2) is 0 Å². The molecule has 1 saturated carbocycles. The van der Waals surface area contributed by atoms with Gasteiger partial charge in [0.25, 0.3) is 0 Å². The number of carbonyl (C=O) groups is 1. The van der Waals surface area contributed by atoms with Gasteiger partial charge in [-0.05, 0) is 36.3 Å². The molecule has 1 spiro atoms. The van der Waals surface area contributed by atoms with Crippen LogP contribution in [0.25, 0.3) is 0 Å². The van der Waals surface area contributed by atoms with Crippen LogP contribution in [0.3, 0.4) is 0 Å². The van der Waals surface area contributed by atoms with Crippen LogP contribution >= 0.6 is 0 Å². The molecule has 1 aliphatic heterocycles. The van der Waals surface area contributed by atoms with Crippen molar-refractivity contribution in [2.75, 3.05) is 12.3 Å². The summed E-state index contributed by atoms with van der Waals surface area (Å²) in [5.41, 5.74) is 2.08. The number of nitrogens with zero attached hydrogens (tertiary/aromatic N) is 1. The SMILES string of the molecule is O=C(CC(Cc1ccccc1)c1ccccc1)N1CC2(CC2)CS1(=O)=O. The molecule has 136 valence electrons. The number of hydrogen-bond donors (Lipinski definition) is 0. The van der Waals surface area contributed by atoms with Crippen LogP contribution in [0.2, 0.25) is 0 Å². The molecule has 2 fully saturated rings. The van der Waals surface area contributed by atoms with Gasteiger partial charge in [0.2, 0.25) is 15.9 Å². The molecule has 1 unspecified atom stereocenters. The molecule has 0 aromatic heterocycles. The summed E-state index contributed by atoms with van der Waals surface area (Å²) in [5.74, 6) is -0.156. The Labute approximate surface area is 154 Å². The van der Waals surface area contributed by atoms with Gasteiger partial charge in [0.1, 0.15) is 0 Å². The van der Waals surface area contributed by atoms with E-state index in [9.17, 15) is 13.2 Å². The largest absolute Gasteiger partial charge is 0.274 e. The first-order valence-electron chi connectivity index (χ1n) is 9.10. The van der Waals surface area contributed by atoms with Crippen molar-refractivity contribution in [1.82, 2.24) is 4.31 Å². The fraction of sp³-hybridized carbons (Fsp3) is 0.381. The Morgan fingerprint density at radius 3 is 2.19 bits per heavy atom. The summed E-state index contributed by atoms with van der Waals surface area (Å²) in [5, 5.41) is 0. The number of benzene rings is 2. The van der Waals surface area contributed by atoms with Crippen LogP contribution in [-0.2, 0) is 21.2 Å². The Hall–Kier alpha value is -2.14. The molecule has 1 saturated heterocycles. The van der Waals surface area contributed by atoms with E-state index in [1.54, 1.807) is 0 Å². The van der Waals surface area contributed by atoms with Crippen molar-refractivity contribution in [2.45, 2.75) is 31.6 Å². The van der Waals surface area contributed by atoms with E-state index in [1.807, 2.05) is 60.7 Å². The predicted octanol–water partition coefficient (Wildman–Crippen LogP) is 3.36. The average molecular weight is 369 g/mol. The zero-order chi connectivity index (χ0) is 18.2. The minimum atomic E-state index is -3.45. The Balaban J connectivity index is 1.55. The predicted molar refractivity (Wildman–Crippen MR) is 101 cm³/mol. The van der Waals surface area contributed by atoms with Crippen LogP contribution in [0.4, 0.5) is 0 Å². The maximum Gasteiger partial charge on any atom is 0.237 e. The van der Waals surface area contributed by atoms with Gasteiger partial charge in [-0.2, -0.15) is 0 Å². The molecule has 26 heavy (non-hydrogen) atoms. The van der Waals surface area contributed by atoms with Crippen LogP contribution in [0.5, 0.6) is 0 Å². The summed E-state index contributed by atoms with van der Waals surface area (Å²) in [7, 11) is -3.45. The first kappa shape index (κ1) is 17.3. The van der Waals surface area contributed by atoms with Crippen molar-refractivity contribution in [3.8, 4) is 0 Å². The van der Waals surface area contributed by atoms with Crippen molar-refractivity contribution < 1.29 is 13.2 Å². The second-order valence-electron chi connectivity index (χ2n) is 7.66. The maximum atomic E-state index is 12.9. The van der Waals surface area contributed by atoms with Gasteiger partial charge >= 0.3 is 0 Å². The number of sulfonamides is 1. The van der Waals surface area contributed by atoms with E-state index in [-0.39, 0.29) is 29.4 Å². The highest BCUT2D eigenvalue weighted by atomic mass is 32.2. The summed E-state index contributed by atoms with van der Waals surface area (Å²) in [6.45, 7) is 0.376. The van der Waals surface area contributed by atoms with Crippen molar-refractivity contribution >= 4 is 15.9 Å². The van der Waals surface area contributed by atoms with Gasteiger partial charge in [-0.1, -0.05) is 60.7 Å². The highest BCUT2D eigenvalue weighted by Crippen LogP contribution is 2.52. The lowest BCUT2D eigenvalue weighted by Crippen LogP contribution is -2.34. The van der Waals surface area contributed by atoms with Crippen molar-refractivity contribution in [1.29, 1.82) is 0 Å². The number of rotatable bonds is 5. The van der Waals surface area contributed by atoms with E-state index < -0.39 is 10.0 Å². The summed E-state index contributed by atoms with van der Waals surface area (Å²) in [4.78, 5) is 12.9. The molecule has 1 aliphatic carbocycles. The number of amides is 1. The summed E-state index contributed by atoms with van der Waals surface area (Å²) >= 11 is 0. The molecule has 0 N–H and O–H groups in total. The van der Waals surface area contributed by atoms with E-state index in [0.29, 0.717) is 6.54 Å². The average Bonchev–Trinajstić information content (AvgIpc) is 3.32. The Bertz CT molecular complexity index is 889. The molecule has 2 aromatic rings. The zero-order valence-electron chi connectivity index (χ0n) is 14.7. The first-order valence-corrected chi connectivity index (χ1v) is 10.7. The second-order valence-corrected chi connectivity index (χ2v) is 9.55. The van der Waals surface area contributed by atoms with Crippen LogP contribution in [0.1, 0.15) is 36.3 Å². The molecule has 4 rings (SSSR count). The Morgan fingerprint density at radius 2 is 1.62 bits per heavy atom. The highest BCUT2D eigenvalue weighted by molar-refractivity contribution is 7.89. The third kappa shape index (κ3) is 3.54. The minimum absolute atomic E-state index is 0.0305. The lowest BCUT2D eigenvalue weighted by atomic mass is 9.89. The summed E-state index contributed by atoms with van der Waals surface area (Å²) in [6, 6.07) is 19.9. The van der Waals surface area contributed by atoms with Crippen LogP contribution in [-0.4, -0.2) is 30.9 Å². The molecular weight excluding hydrogens is 346 g/mol. The first-order chi connectivity index (χ1) is 12.5. The van der Waals surface area contributed by atoms with Crippen molar-refractivity contribution in [3.63, 3.8) is 0 Å². The van der Waals surface area contributed by atoms with Gasteiger partial charge in [0.05, 0.1) is 5.75 Å². The Kier molecular flexibility index (Phi) is 4.35. The lowest BCUT2D eigenvalue weighted by Gasteiger charge is -2.21. The topological polar surface area (TPSA) is 54.5 Å². The van der Waals surface area contributed by atoms with Crippen LogP contribution in [0.15, 0.2) is 60.7 Å². The highest BCUT2D eigenvalue weighted by Gasteiger charge is 2.56. The van der Waals surface area contributed by atoms with Gasteiger partial charge in [-0.25, -0.2) is 12.7 Å². The molecule has 1 heterocycles. The van der Waals surface area contributed by atoms with Gasteiger partial charge in [0, 0.05) is 18.4 Å². The van der Waals surface area contributed by atoms with Crippen LogP contribution in [0, 0.1) is 5.41 Å². The fourth-order valence-corrected chi connectivity index (χ4v) is 6.05. The number of carbonyl (C=O) groups excluding carboxylic acids is 1. The van der Waals surface area contributed by atoms with Crippen molar-refractivity contribution in [3.05, 3.63) is 71.8 Å². The summed E-state index contributed by atoms with van der Waals surface area (Å²) in [6.07, 6.45) is 2.77. The fourth-order valence-electron chi connectivity index (χ4n) is 3.88. The zero-order valence-corrected chi connectivity index (χ0v) is 15.5. The van der Waals surface area contributed by atoms with Crippen molar-refractivity contribution in [2.24, 2.45) is 5.41 Å². The number of hydrogen-bond acceptors (Lipinski definition) is 3. The smallest absolute Gasteiger partial charge is 0.237 e. The monoisotopic (exact) mass is 369 g/mol. The minimum Gasteiger partial charge on any atom is -0.274 e. The lowest BCUT2D eigenvalue weighted by molar-refractivity contribution is -0.127. The molecule has 2 aliphatic rings. The molecule has 0 radical (unpaired) electrons. The normalized spacial score (nSPS) is 20.8. The van der Waals surface area contributed by atoms with E-state index in [0.717, 1.165) is 34.7 Å². The molecule has 1 amide bonds. The van der Waals surface area contributed by atoms with E-state index in [4.69, 9.17) is 0 Å². The van der Waals surface area contributed by atoms with E-state index in [2.05, 4.69) is 0 Å². The summed E-state index contributed by atoms with van der Waals surface area (Å²) < 4.78 is 26.0. The third-order valence-corrected chi connectivity index (χ3v) is 7.54. The van der Waals surface area contributed by atoms with Gasteiger partial charge in [-0.3, -0.25) is 4.79 Å². The Morgan fingerprint density at radius 1 is 1.00 bits per heavy atom. The molecule has 0 bridgehead atoms. The second kappa shape index (κ2) is 6.54. The standard InChI is InChI=1S/C21H23NO3S/c23-20(22-15-21(11-12-21)16-26(22,24)25)14-19(18-9-5-2-6-10-18)13-17-7-3-1-4-8-17/h1-10,19H,11-16H2. The third-order valence-electron chi connectivity index (χ3n) is 5.56. The quantitative estimate of drug-likeness (QED) is 0.812. The molecular formula is C21H23NO3S. The molecule has 4 nitrogen and oxygen atoms in total. The van der Waals surface area contributed by atoms with E-state index >= 15 is 0 Å². The van der Waals surface area contributed by atoms with Gasteiger partial charge in [-0.15, -0.1) is 0 Å². The molecule has 2 aromatic carbocycles. The van der Waals surface area contributed by atoms with E-state index in [1.165, 1.54) is 0 Å². The maximum absolute atomic E-state index is 12.9. The molecule has 5 heteroatoms. The van der Waals surface area contributed by atoms with Crippen LogP contribution < -0.4 is 0 Å². The molecule has 1 atom stereocenters. The van der Waals surface area contributed by atoms with Gasteiger partial charge < -0.3 is 0 Å².